The average Bonchev–Trinajstić information content (AvgIpc) is 3.29. The third-order valence-corrected chi connectivity index (χ3v) is 12.4. The molecule has 4 saturated carbocycles. The van der Waals surface area contributed by atoms with E-state index in [1.165, 1.54) is 30.2 Å². The smallest absolute Gasteiger partial charge is 0.340 e. The van der Waals surface area contributed by atoms with E-state index in [1.54, 1.807) is 0 Å². The minimum absolute atomic E-state index is 0.0366. The molecule has 222 valence electrons. The van der Waals surface area contributed by atoms with E-state index in [0.29, 0.717) is 17.3 Å². The van der Waals surface area contributed by atoms with Crippen LogP contribution in [0.3, 0.4) is 0 Å². The summed E-state index contributed by atoms with van der Waals surface area (Å²) in [5.41, 5.74) is 1.05. The minimum Gasteiger partial charge on any atom is -0.387 e. The van der Waals surface area contributed by atoms with Gasteiger partial charge in [-0.25, -0.2) is 4.98 Å². The van der Waals surface area contributed by atoms with Gasteiger partial charge in [0, 0.05) is 5.54 Å². The molecule has 7 rings (SSSR count). The second-order valence-corrected chi connectivity index (χ2v) is 17.3. The highest BCUT2D eigenvalue weighted by Crippen LogP contribution is 2.67. The van der Waals surface area contributed by atoms with Crippen LogP contribution in [-0.4, -0.2) is 80.8 Å². The SMILES string of the molecule is C[C@]12C[C@@H]3C[C@](C)(C1)C[C@@](Nc1nc(Cl)nc4c1ncn4[C@@H]1O[C@H](COP(=O)(O)CP(=O)(O)O)[C@H](O)[C@@H]1O)(C3)C2. The first-order valence-electron chi connectivity index (χ1n) is 13.2. The Hall–Kier alpha value is -1.18. The number of aliphatic hydroxyl groups excluding tert-OH is 2. The minimum atomic E-state index is -4.83. The zero-order valence-corrected chi connectivity index (χ0v) is 24.6. The van der Waals surface area contributed by atoms with Crippen molar-refractivity contribution in [2.45, 2.75) is 82.5 Å². The maximum Gasteiger partial charge on any atom is 0.340 e. The summed E-state index contributed by atoms with van der Waals surface area (Å²) in [4.78, 5) is 41.0. The van der Waals surface area contributed by atoms with Gasteiger partial charge in [-0.15, -0.1) is 0 Å². The number of imidazole rings is 1. The van der Waals surface area contributed by atoms with Crippen LogP contribution in [0.4, 0.5) is 5.82 Å². The van der Waals surface area contributed by atoms with E-state index in [0.717, 1.165) is 19.3 Å². The zero-order chi connectivity index (χ0) is 28.9. The van der Waals surface area contributed by atoms with Crippen molar-refractivity contribution >= 4 is 43.8 Å². The van der Waals surface area contributed by atoms with Gasteiger partial charge in [-0.05, 0) is 66.9 Å². The Morgan fingerprint density at radius 1 is 1.10 bits per heavy atom. The molecule has 4 aliphatic carbocycles. The lowest BCUT2D eigenvalue weighted by Crippen LogP contribution is -2.61. The summed E-state index contributed by atoms with van der Waals surface area (Å²) in [5.74, 6) is -0.260. The van der Waals surface area contributed by atoms with Crippen LogP contribution in [0.2, 0.25) is 5.28 Å². The quantitative estimate of drug-likeness (QED) is 0.185. The molecule has 1 unspecified atom stereocenters. The molecule has 17 heteroatoms. The maximum atomic E-state index is 12.0. The van der Waals surface area contributed by atoms with Crippen LogP contribution in [0.5, 0.6) is 0 Å². The first-order chi connectivity index (χ1) is 18.5. The third kappa shape index (κ3) is 5.37. The zero-order valence-electron chi connectivity index (χ0n) is 22.1. The highest BCUT2D eigenvalue weighted by atomic mass is 35.5. The Bertz CT molecular complexity index is 1420. The van der Waals surface area contributed by atoms with Crippen molar-refractivity contribution in [3.05, 3.63) is 11.6 Å². The van der Waals surface area contributed by atoms with Crippen LogP contribution < -0.4 is 5.32 Å². The lowest BCUT2D eigenvalue weighted by Gasteiger charge is -2.65. The molecular formula is C23H34ClN5O9P2. The van der Waals surface area contributed by atoms with Crippen molar-refractivity contribution < 1.29 is 43.3 Å². The molecule has 6 N–H and O–H groups in total. The van der Waals surface area contributed by atoms with Crippen LogP contribution >= 0.6 is 26.8 Å². The lowest BCUT2D eigenvalue weighted by atomic mass is 9.43. The van der Waals surface area contributed by atoms with Crippen LogP contribution in [-0.2, 0) is 18.4 Å². The maximum absolute atomic E-state index is 12.0. The van der Waals surface area contributed by atoms with E-state index in [2.05, 4.69) is 34.1 Å². The van der Waals surface area contributed by atoms with Gasteiger partial charge in [0.2, 0.25) is 5.28 Å². The summed E-state index contributed by atoms with van der Waals surface area (Å²) in [6, 6.07) is 0. The predicted octanol–water partition coefficient (Wildman–Crippen LogP) is 2.60. The van der Waals surface area contributed by atoms with Gasteiger partial charge in [0.25, 0.3) is 0 Å². The van der Waals surface area contributed by atoms with Gasteiger partial charge in [0.1, 0.15) is 18.3 Å². The molecule has 2 aromatic rings. The summed E-state index contributed by atoms with van der Waals surface area (Å²) in [6.07, 6.45) is 2.61. The molecule has 9 atom stereocenters. The van der Waals surface area contributed by atoms with E-state index >= 15 is 0 Å². The largest absolute Gasteiger partial charge is 0.387 e. The Kier molecular flexibility index (Phi) is 6.80. The number of hydrogen-bond acceptors (Lipinski definition) is 10. The van der Waals surface area contributed by atoms with Gasteiger partial charge in [0.05, 0.1) is 12.9 Å². The van der Waals surface area contributed by atoms with Gasteiger partial charge in [-0.1, -0.05) is 13.8 Å². The molecule has 5 fully saturated rings. The van der Waals surface area contributed by atoms with Gasteiger partial charge >= 0.3 is 15.2 Å². The molecule has 3 heterocycles. The van der Waals surface area contributed by atoms with Crippen molar-refractivity contribution in [2.75, 3.05) is 17.8 Å². The van der Waals surface area contributed by atoms with E-state index < -0.39 is 52.2 Å². The highest BCUT2D eigenvalue weighted by Gasteiger charge is 2.60. The Balaban J connectivity index is 1.25. The molecule has 1 saturated heterocycles. The summed E-state index contributed by atoms with van der Waals surface area (Å²) >= 11 is 6.35. The van der Waals surface area contributed by atoms with Crippen molar-refractivity contribution in [2.24, 2.45) is 16.7 Å². The van der Waals surface area contributed by atoms with Crippen LogP contribution in [0.25, 0.3) is 11.2 Å². The number of nitrogens with one attached hydrogen (secondary N) is 1. The first-order valence-corrected chi connectivity index (χ1v) is 17.1. The number of aliphatic hydroxyl groups is 2. The summed E-state index contributed by atoms with van der Waals surface area (Å²) in [5, 5.41) is 25.0. The number of rotatable bonds is 8. The van der Waals surface area contributed by atoms with Crippen molar-refractivity contribution in [1.29, 1.82) is 0 Å². The summed E-state index contributed by atoms with van der Waals surface area (Å²) < 4.78 is 35.1. The van der Waals surface area contributed by atoms with Crippen molar-refractivity contribution in [3.63, 3.8) is 0 Å². The molecule has 40 heavy (non-hydrogen) atoms. The molecule has 0 radical (unpaired) electrons. The molecule has 2 aromatic heterocycles. The average molecular weight is 622 g/mol. The number of nitrogens with zero attached hydrogens (tertiary/aromatic N) is 4. The fourth-order valence-electron chi connectivity index (χ4n) is 8.56. The number of hydrogen-bond donors (Lipinski definition) is 6. The Morgan fingerprint density at radius 3 is 2.40 bits per heavy atom. The lowest BCUT2D eigenvalue weighted by molar-refractivity contribution is -0.0973. The normalized spacial score (nSPS) is 40.5. The highest BCUT2D eigenvalue weighted by molar-refractivity contribution is 7.70. The van der Waals surface area contributed by atoms with E-state index in [9.17, 15) is 24.2 Å². The monoisotopic (exact) mass is 621 g/mol. The number of aromatic nitrogens is 4. The Morgan fingerprint density at radius 2 is 1.77 bits per heavy atom. The molecule has 0 amide bonds. The van der Waals surface area contributed by atoms with Gasteiger partial charge in [-0.2, -0.15) is 9.97 Å². The number of fused-ring (bicyclic) bond motifs is 1. The van der Waals surface area contributed by atoms with E-state index in [1.807, 2.05) is 0 Å². The predicted molar refractivity (Wildman–Crippen MR) is 143 cm³/mol. The van der Waals surface area contributed by atoms with Gasteiger partial charge in [-0.3, -0.25) is 13.7 Å². The van der Waals surface area contributed by atoms with Crippen molar-refractivity contribution in [3.8, 4) is 0 Å². The van der Waals surface area contributed by atoms with Crippen LogP contribution in [0.1, 0.15) is 58.6 Å². The Labute approximate surface area is 235 Å². The first kappa shape index (κ1) is 28.9. The topological polar surface area (TPSA) is 209 Å². The fourth-order valence-corrected chi connectivity index (χ4v) is 11.3. The van der Waals surface area contributed by atoms with E-state index in [4.69, 9.17) is 30.6 Å². The molecule has 0 spiro atoms. The second-order valence-electron chi connectivity index (χ2n) is 13.0. The molecule has 5 aliphatic rings. The number of ether oxygens (including phenoxy) is 1. The molecule has 0 aromatic carbocycles. The molecular weight excluding hydrogens is 588 g/mol. The second kappa shape index (κ2) is 9.41. The number of anilines is 1. The number of halogens is 1. The fraction of sp³-hybridized carbons (Fsp3) is 0.783. The molecule has 1 aliphatic heterocycles. The third-order valence-electron chi connectivity index (χ3n) is 8.82. The molecule has 14 nitrogen and oxygen atoms in total. The van der Waals surface area contributed by atoms with Crippen LogP contribution in [0, 0.1) is 16.7 Å². The standard InChI is InChI=1S/C23H34ClN5O9P2/c1-21-3-12-4-22(2,7-21)9-23(5-12,8-21)28-17-14-18(27-20(24)26-17)29(10-25-14)19-16(31)15(30)13(38-19)6-37-40(35,36)11-39(32,33)34/h10,12-13,15-16,19,30-31H,3-9,11H2,1-2H3,(H,35,36)(H,26,27,28)(H2,32,33,34)/t12-,13-,15+,16+,19-,21+,22-,23-/m1/s1. The van der Waals surface area contributed by atoms with E-state index in [-0.39, 0.29) is 27.3 Å². The summed E-state index contributed by atoms with van der Waals surface area (Å²) in [7, 11) is -9.51. The van der Waals surface area contributed by atoms with Gasteiger partial charge < -0.3 is 39.5 Å². The van der Waals surface area contributed by atoms with Crippen molar-refractivity contribution in [1.82, 2.24) is 19.5 Å². The van der Waals surface area contributed by atoms with Crippen LogP contribution in [0.15, 0.2) is 6.33 Å². The summed E-state index contributed by atoms with van der Waals surface area (Å²) in [6.45, 7) is 4.05. The van der Waals surface area contributed by atoms with Gasteiger partial charge in [0.15, 0.2) is 29.1 Å². The molecule has 4 bridgehead atoms.